The van der Waals surface area contributed by atoms with Crippen molar-refractivity contribution in [2.45, 2.75) is 57.3 Å². The van der Waals surface area contributed by atoms with Crippen LogP contribution in [0.5, 0.6) is 0 Å². The van der Waals surface area contributed by atoms with Crippen molar-refractivity contribution < 1.29 is 0 Å². The molecule has 0 aliphatic heterocycles. The highest BCUT2D eigenvalue weighted by Crippen LogP contribution is 2.51. The van der Waals surface area contributed by atoms with Crippen LogP contribution in [0, 0.1) is 0 Å². The Morgan fingerprint density at radius 3 is 1.56 bits per heavy atom. The lowest BCUT2D eigenvalue weighted by Gasteiger charge is -2.31. The van der Waals surface area contributed by atoms with Gasteiger partial charge in [-0.3, -0.25) is 0 Å². The van der Waals surface area contributed by atoms with E-state index in [9.17, 15) is 0 Å². The van der Waals surface area contributed by atoms with Crippen molar-refractivity contribution in [3.05, 3.63) is 235 Å². The Kier molecular flexibility index (Phi) is 10.0. The van der Waals surface area contributed by atoms with Gasteiger partial charge in [-0.05, 0) is 132 Å². The highest BCUT2D eigenvalue weighted by molar-refractivity contribution is 6.10. The molecule has 10 aromatic rings. The average molecular weight is 848 g/mol. The monoisotopic (exact) mass is 847 g/mol. The van der Waals surface area contributed by atoms with Crippen LogP contribution in [0.2, 0.25) is 0 Å². The molecule has 0 N–H and O–H groups in total. The molecule has 0 saturated heterocycles. The van der Waals surface area contributed by atoms with Crippen LogP contribution in [-0.4, -0.2) is 0 Å². The molecule has 0 atom stereocenters. The van der Waals surface area contributed by atoms with Crippen LogP contribution in [0.25, 0.3) is 77.2 Å². The first-order chi connectivity index (χ1) is 32.5. The van der Waals surface area contributed by atoms with Crippen LogP contribution in [0.4, 0.5) is 17.1 Å². The molecule has 1 fully saturated rings. The predicted molar refractivity (Wildman–Crippen MR) is 281 cm³/mol. The van der Waals surface area contributed by atoms with Gasteiger partial charge in [0.15, 0.2) is 0 Å². The summed E-state index contributed by atoms with van der Waals surface area (Å²) in [6.45, 7) is 4.73. The van der Waals surface area contributed by atoms with E-state index in [1.54, 1.807) is 0 Å². The molecule has 10 aromatic carbocycles. The largest absolute Gasteiger partial charge is 0.309 e. The van der Waals surface area contributed by atoms with E-state index in [0.29, 0.717) is 5.92 Å². The summed E-state index contributed by atoms with van der Waals surface area (Å²) < 4.78 is 0. The lowest BCUT2D eigenvalue weighted by molar-refractivity contribution is 0.445. The van der Waals surface area contributed by atoms with E-state index >= 15 is 0 Å². The summed E-state index contributed by atoms with van der Waals surface area (Å²) in [5, 5.41) is 5.19. The van der Waals surface area contributed by atoms with Crippen LogP contribution in [0.1, 0.15) is 68.6 Å². The summed E-state index contributed by atoms with van der Waals surface area (Å²) in [6, 6.07) is 81.8. The summed E-state index contributed by atoms with van der Waals surface area (Å²) in [7, 11) is 0. The lowest BCUT2D eigenvalue weighted by Crippen LogP contribution is -2.14. The number of nitrogens with zero attached hydrogens (tertiary/aromatic N) is 1. The minimum Gasteiger partial charge on any atom is -0.309 e. The molecule has 12 rings (SSSR count). The van der Waals surface area contributed by atoms with Gasteiger partial charge in [-0.25, -0.2) is 0 Å². The van der Waals surface area contributed by atoms with E-state index in [1.807, 2.05) is 0 Å². The summed E-state index contributed by atoms with van der Waals surface area (Å²) in [4.78, 5) is 2.53. The summed E-state index contributed by atoms with van der Waals surface area (Å²) in [5.74, 6) is 0.573. The number of anilines is 3. The maximum atomic E-state index is 2.53. The third kappa shape index (κ3) is 6.76. The minimum atomic E-state index is -0.0630. The Labute approximate surface area is 389 Å². The fraction of sp³-hybridized carbons (Fsp3) is 0.138. The van der Waals surface area contributed by atoms with Crippen molar-refractivity contribution >= 4 is 38.6 Å². The zero-order chi connectivity index (χ0) is 44.2. The molecule has 66 heavy (non-hydrogen) atoms. The van der Waals surface area contributed by atoms with Crippen LogP contribution >= 0.6 is 0 Å². The van der Waals surface area contributed by atoms with Crippen LogP contribution < -0.4 is 4.90 Å². The smallest absolute Gasteiger partial charge is 0.0540 e. The zero-order valence-electron chi connectivity index (χ0n) is 37.8. The number of hydrogen-bond donors (Lipinski definition) is 0. The van der Waals surface area contributed by atoms with Gasteiger partial charge in [-0.1, -0.05) is 221 Å². The fourth-order valence-corrected chi connectivity index (χ4v) is 11.7. The van der Waals surface area contributed by atoms with Gasteiger partial charge in [0.1, 0.15) is 0 Å². The molecule has 0 amide bonds. The lowest BCUT2D eigenvalue weighted by atomic mass is 9.80. The van der Waals surface area contributed by atoms with Crippen molar-refractivity contribution in [2.75, 3.05) is 4.90 Å². The molecular weight excluding hydrogens is 795 g/mol. The maximum Gasteiger partial charge on any atom is 0.0540 e. The molecule has 0 bridgehead atoms. The molecule has 1 saturated carbocycles. The van der Waals surface area contributed by atoms with Gasteiger partial charge >= 0.3 is 0 Å². The van der Waals surface area contributed by atoms with Gasteiger partial charge in [0.2, 0.25) is 0 Å². The van der Waals surface area contributed by atoms with Crippen molar-refractivity contribution in [2.24, 2.45) is 0 Å². The van der Waals surface area contributed by atoms with Crippen LogP contribution in [0.15, 0.2) is 218 Å². The molecule has 0 heterocycles. The zero-order valence-corrected chi connectivity index (χ0v) is 37.8. The third-order valence-electron chi connectivity index (χ3n) is 14.9. The number of hydrogen-bond acceptors (Lipinski definition) is 1. The average Bonchev–Trinajstić information content (AvgIpc) is 3.61. The second-order valence-corrected chi connectivity index (χ2v) is 19.0. The molecule has 1 nitrogen and oxygen atoms in total. The van der Waals surface area contributed by atoms with Gasteiger partial charge < -0.3 is 4.90 Å². The SMILES string of the molecule is CC1(C)c2ccccc2-c2ccc(-c3ccc(N(c4ccccc4-c4cccc5cccc(-c6ccccc6)c45)c4ccccc4-c4cccc5cccc(C6CCCCC6)c45)cc3)cc21. The maximum absolute atomic E-state index is 2.53. The van der Waals surface area contributed by atoms with E-state index in [-0.39, 0.29) is 5.41 Å². The normalized spacial score (nSPS) is 14.3. The van der Waals surface area contributed by atoms with Gasteiger partial charge in [0.05, 0.1) is 11.4 Å². The van der Waals surface area contributed by atoms with Crippen molar-refractivity contribution in [1.29, 1.82) is 0 Å². The highest BCUT2D eigenvalue weighted by atomic mass is 15.1. The molecular formula is C65H53N. The minimum absolute atomic E-state index is 0.0630. The Morgan fingerprint density at radius 1 is 0.364 bits per heavy atom. The molecule has 0 unspecified atom stereocenters. The topological polar surface area (TPSA) is 3.24 Å². The van der Waals surface area contributed by atoms with E-state index in [1.165, 1.54) is 126 Å². The Morgan fingerprint density at radius 2 is 0.879 bits per heavy atom. The van der Waals surface area contributed by atoms with E-state index in [0.717, 1.165) is 17.1 Å². The first-order valence-electron chi connectivity index (χ1n) is 24.0. The molecule has 0 aromatic heterocycles. The predicted octanol–water partition coefficient (Wildman–Crippen LogP) is 18.5. The fourth-order valence-electron chi connectivity index (χ4n) is 11.7. The third-order valence-corrected chi connectivity index (χ3v) is 14.9. The van der Waals surface area contributed by atoms with Crippen molar-refractivity contribution in [1.82, 2.24) is 0 Å². The Bertz CT molecular complexity index is 3410. The first-order valence-corrected chi connectivity index (χ1v) is 24.0. The van der Waals surface area contributed by atoms with E-state index in [2.05, 4.69) is 237 Å². The van der Waals surface area contributed by atoms with Gasteiger partial charge in [-0.15, -0.1) is 0 Å². The van der Waals surface area contributed by atoms with Crippen LogP contribution in [-0.2, 0) is 5.41 Å². The van der Waals surface area contributed by atoms with Crippen molar-refractivity contribution in [3.63, 3.8) is 0 Å². The molecule has 1 heteroatoms. The first kappa shape index (κ1) is 40.1. The Hall–Kier alpha value is -7.48. The second-order valence-electron chi connectivity index (χ2n) is 19.0. The van der Waals surface area contributed by atoms with Gasteiger partial charge in [-0.2, -0.15) is 0 Å². The molecule has 2 aliphatic carbocycles. The van der Waals surface area contributed by atoms with E-state index in [4.69, 9.17) is 0 Å². The Balaban J connectivity index is 1.06. The quantitative estimate of drug-likeness (QED) is 0.147. The highest BCUT2D eigenvalue weighted by Gasteiger charge is 2.35. The number of rotatable bonds is 8. The number of para-hydroxylation sites is 2. The second kappa shape index (κ2) is 16.5. The summed E-state index contributed by atoms with van der Waals surface area (Å²) >= 11 is 0. The number of benzene rings is 10. The molecule has 0 spiro atoms. The standard InChI is InChI=1S/C65H53N/c1-65(2)59-34-12-9-27-53(59)54-42-39-49(43-60(54)65)44-37-40-50(41-38-44)66(61-35-13-10-28-55(61)57-32-17-25-47-23-15-30-51(63(47)57)45-19-5-3-6-20-45)62-36-14-11-29-56(62)58-33-18-26-48-24-16-31-52(64(48)58)46-21-7-4-8-22-46/h3,5-6,9-20,23-43,46H,4,7-8,21-22H2,1-2H3. The van der Waals surface area contributed by atoms with E-state index < -0.39 is 0 Å². The summed E-state index contributed by atoms with van der Waals surface area (Å²) in [5.41, 5.74) is 20.2. The molecule has 318 valence electrons. The van der Waals surface area contributed by atoms with Gasteiger partial charge in [0, 0.05) is 22.2 Å². The summed E-state index contributed by atoms with van der Waals surface area (Å²) in [6.07, 6.45) is 6.46. The van der Waals surface area contributed by atoms with Gasteiger partial charge in [0.25, 0.3) is 0 Å². The molecule has 2 aliphatic rings. The van der Waals surface area contributed by atoms with Crippen molar-refractivity contribution in [3.8, 4) is 55.6 Å². The number of fused-ring (bicyclic) bond motifs is 5. The molecule has 0 radical (unpaired) electrons. The van der Waals surface area contributed by atoms with Crippen LogP contribution in [0.3, 0.4) is 0 Å².